The molecule has 10 heteroatoms. The van der Waals surface area contributed by atoms with Gasteiger partial charge >= 0.3 is 5.97 Å². The van der Waals surface area contributed by atoms with E-state index in [1.165, 1.54) is 0 Å². The largest absolute Gasteiger partial charge is 0.493 e. The Morgan fingerprint density at radius 2 is 1.82 bits per heavy atom. The van der Waals surface area contributed by atoms with E-state index in [-0.39, 0.29) is 31.8 Å². The maximum absolute atomic E-state index is 13.6. The molecule has 0 radical (unpaired) electrons. The van der Waals surface area contributed by atoms with Crippen molar-refractivity contribution in [3.05, 3.63) is 48.0 Å². The molecular weight excluding hydrogens is 514 g/mol. The lowest BCUT2D eigenvalue weighted by molar-refractivity contribution is -0.144. The molecule has 40 heavy (non-hydrogen) atoms. The second kappa shape index (κ2) is 14.2. The summed E-state index contributed by atoms with van der Waals surface area (Å²) in [7, 11) is 1.56. The molecular formula is C30H41N3O7. The van der Waals surface area contributed by atoms with E-state index in [4.69, 9.17) is 24.7 Å². The van der Waals surface area contributed by atoms with Crippen LogP contribution in [0, 0.1) is 5.92 Å². The summed E-state index contributed by atoms with van der Waals surface area (Å²) in [6.45, 7) is 4.73. The third-order valence-corrected chi connectivity index (χ3v) is 7.69. The van der Waals surface area contributed by atoms with E-state index < -0.39 is 17.9 Å². The molecule has 1 fully saturated rings. The molecule has 0 aromatic heterocycles. The lowest BCUT2D eigenvalue weighted by atomic mass is 9.85. The quantitative estimate of drug-likeness (QED) is 0.319. The number of carbonyl (C=O) groups is 2. The Bertz CT molecular complexity index is 1140. The van der Waals surface area contributed by atoms with Crippen molar-refractivity contribution >= 4 is 11.9 Å². The molecule has 2 aromatic rings. The van der Waals surface area contributed by atoms with E-state index in [0.717, 1.165) is 31.2 Å². The Hall–Kier alpha value is -3.50. The summed E-state index contributed by atoms with van der Waals surface area (Å²) >= 11 is 0. The summed E-state index contributed by atoms with van der Waals surface area (Å²) in [6.07, 6.45) is 3.57. The first-order valence-electron chi connectivity index (χ1n) is 14.1. The predicted octanol–water partition coefficient (Wildman–Crippen LogP) is 3.34. The Kier molecular flexibility index (Phi) is 10.5. The smallest absolute Gasteiger partial charge is 0.308 e. The number of amides is 1. The third kappa shape index (κ3) is 6.98. The fraction of sp³-hybridized carbons (Fsp3) is 0.533. The monoisotopic (exact) mass is 555 g/mol. The van der Waals surface area contributed by atoms with Crippen molar-refractivity contribution < 1.29 is 33.6 Å². The van der Waals surface area contributed by atoms with E-state index in [0.29, 0.717) is 49.2 Å². The van der Waals surface area contributed by atoms with Crippen molar-refractivity contribution in [2.45, 2.75) is 44.6 Å². The van der Waals surface area contributed by atoms with E-state index in [1.807, 2.05) is 40.1 Å². The van der Waals surface area contributed by atoms with E-state index >= 15 is 0 Å². The lowest BCUT2D eigenvalue weighted by Crippen LogP contribution is -2.46. The second-order valence-corrected chi connectivity index (χ2v) is 10.3. The van der Waals surface area contributed by atoms with Crippen LogP contribution >= 0.6 is 0 Å². The molecule has 1 saturated heterocycles. The number of hydrogen-bond donors (Lipinski definition) is 2. The van der Waals surface area contributed by atoms with Gasteiger partial charge in [-0.3, -0.25) is 14.5 Å². The highest BCUT2D eigenvalue weighted by molar-refractivity contribution is 5.79. The number of hydrogen-bond acceptors (Lipinski definition) is 8. The zero-order valence-electron chi connectivity index (χ0n) is 23.4. The van der Waals surface area contributed by atoms with Crippen LogP contribution in [-0.2, 0) is 9.59 Å². The Labute approximate surface area is 235 Å². The predicted molar refractivity (Wildman–Crippen MR) is 150 cm³/mol. The third-order valence-electron chi connectivity index (χ3n) is 7.69. The zero-order valence-corrected chi connectivity index (χ0v) is 23.4. The SMILES string of the molecule is CCCCN(CCCCN)C(=O)CN1CC(c2ccc3c(c2)OCO3)C(C(=O)O)C1COc1ccccc1OC. The number of benzene rings is 2. The first-order valence-corrected chi connectivity index (χ1v) is 14.1. The molecule has 218 valence electrons. The lowest BCUT2D eigenvalue weighted by Gasteiger charge is -2.29. The van der Waals surface area contributed by atoms with Gasteiger partial charge in [-0.15, -0.1) is 0 Å². The van der Waals surface area contributed by atoms with Gasteiger partial charge in [0.15, 0.2) is 23.0 Å². The summed E-state index contributed by atoms with van der Waals surface area (Å²) in [5.41, 5.74) is 6.52. The fourth-order valence-corrected chi connectivity index (χ4v) is 5.53. The molecule has 2 aromatic carbocycles. The van der Waals surface area contributed by atoms with Crippen LogP contribution in [0.2, 0.25) is 0 Å². The van der Waals surface area contributed by atoms with Crippen molar-refractivity contribution in [1.82, 2.24) is 9.80 Å². The molecule has 4 rings (SSSR count). The van der Waals surface area contributed by atoms with Crippen LogP contribution in [0.15, 0.2) is 42.5 Å². The average Bonchev–Trinajstić information content (AvgIpc) is 3.58. The number of ether oxygens (including phenoxy) is 4. The molecule has 2 aliphatic rings. The van der Waals surface area contributed by atoms with Gasteiger partial charge in [0, 0.05) is 25.6 Å². The number of carboxylic acids is 1. The second-order valence-electron chi connectivity index (χ2n) is 10.3. The molecule has 0 saturated carbocycles. The fourth-order valence-electron chi connectivity index (χ4n) is 5.53. The summed E-state index contributed by atoms with van der Waals surface area (Å²) < 4.78 is 22.6. The summed E-state index contributed by atoms with van der Waals surface area (Å²) in [5.74, 6) is 0.215. The number of para-hydroxylation sites is 2. The van der Waals surface area contributed by atoms with Gasteiger partial charge in [-0.25, -0.2) is 0 Å². The van der Waals surface area contributed by atoms with E-state index in [2.05, 4.69) is 6.92 Å². The number of rotatable bonds is 15. The van der Waals surface area contributed by atoms with Gasteiger partial charge in [-0.1, -0.05) is 31.5 Å². The molecule has 2 heterocycles. The van der Waals surface area contributed by atoms with E-state index in [1.54, 1.807) is 19.2 Å². The average molecular weight is 556 g/mol. The highest BCUT2D eigenvalue weighted by atomic mass is 16.7. The molecule has 3 unspecified atom stereocenters. The number of unbranched alkanes of at least 4 members (excludes halogenated alkanes) is 2. The Morgan fingerprint density at radius 1 is 1.07 bits per heavy atom. The summed E-state index contributed by atoms with van der Waals surface area (Å²) in [5, 5.41) is 10.5. The molecule has 3 atom stereocenters. The number of nitrogens with two attached hydrogens (primary N) is 1. The first kappa shape index (κ1) is 29.5. The van der Waals surface area contributed by atoms with Crippen LogP contribution in [-0.4, -0.2) is 86.1 Å². The first-order chi connectivity index (χ1) is 19.5. The van der Waals surface area contributed by atoms with E-state index in [9.17, 15) is 14.7 Å². The molecule has 1 amide bonds. The van der Waals surface area contributed by atoms with Gasteiger partial charge in [-0.05, 0) is 55.6 Å². The minimum absolute atomic E-state index is 0.0109. The van der Waals surface area contributed by atoms with Crippen LogP contribution in [0.1, 0.15) is 44.1 Å². The van der Waals surface area contributed by atoms with Gasteiger partial charge in [0.1, 0.15) is 6.61 Å². The topological polar surface area (TPSA) is 124 Å². The maximum Gasteiger partial charge on any atom is 0.308 e. The molecule has 3 N–H and O–H groups in total. The maximum atomic E-state index is 13.6. The summed E-state index contributed by atoms with van der Waals surface area (Å²) in [6, 6.07) is 12.3. The van der Waals surface area contributed by atoms with Crippen LogP contribution in [0.3, 0.4) is 0 Å². The minimum atomic E-state index is -0.933. The highest BCUT2D eigenvalue weighted by Crippen LogP contribution is 2.42. The number of fused-ring (bicyclic) bond motifs is 1. The Balaban J connectivity index is 1.60. The molecule has 0 spiro atoms. The number of likely N-dealkylation sites (tertiary alicyclic amines) is 1. The van der Waals surface area contributed by atoms with Gasteiger partial charge in [0.05, 0.1) is 25.6 Å². The number of carbonyl (C=O) groups excluding carboxylic acids is 1. The van der Waals surface area contributed by atoms with Crippen molar-refractivity contribution in [2.75, 3.05) is 53.2 Å². The molecule has 10 nitrogen and oxygen atoms in total. The molecule has 2 aliphatic heterocycles. The zero-order chi connectivity index (χ0) is 28.5. The highest BCUT2D eigenvalue weighted by Gasteiger charge is 2.48. The van der Waals surface area contributed by atoms with Gasteiger partial charge in [0.25, 0.3) is 0 Å². The van der Waals surface area contributed by atoms with Gasteiger partial charge < -0.3 is 34.7 Å². The number of methoxy groups -OCH3 is 1. The Morgan fingerprint density at radius 3 is 2.55 bits per heavy atom. The number of nitrogens with zero attached hydrogens (tertiary/aromatic N) is 2. The van der Waals surface area contributed by atoms with Crippen molar-refractivity contribution in [1.29, 1.82) is 0 Å². The van der Waals surface area contributed by atoms with Gasteiger partial charge in [0.2, 0.25) is 12.7 Å². The standard InChI is InChI=1S/C30H41N3O7/c1-3-4-14-32(15-8-7-13-31)28(34)18-33-17-22(21-11-12-26-27(16-21)40-20-39-26)29(30(35)36)23(33)19-38-25-10-6-5-9-24(25)37-2/h5-6,9-12,16,22-23,29H,3-4,7-8,13-15,17-20,31H2,1-2H3,(H,35,36). The summed E-state index contributed by atoms with van der Waals surface area (Å²) in [4.78, 5) is 30.2. The van der Waals surface area contributed by atoms with Crippen LogP contribution in [0.5, 0.6) is 23.0 Å². The van der Waals surface area contributed by atoms with Crippen LogP contribution < -0.4 is 24.7 Å². The van der Waals surface area contributed by atoms with Crippen LogP contribution in [0.4, 0.5) is 0 Å². The molecule has 0 bridgehead atoms. The van der Waals surface area contributed by atoms with Crippen LogP contribution in [0.25, 0.3) is 0 Å². The normalized spacial score (nSPS) is 19.9. The van der Waals surface area contributed by atoms with Gasteiger partial charge in [-0.2, -0.15) is 0 Å². The number of aliphatic carboxylic acids is 1. The number of carboxylic acid groups (broad SMARTS) is 1. The van der Waals surface area contributed by atoms with Crippen molar-refractivity contribution in [3.8, 4) is 23.0 Å². The minimum Gasteiger partial charge on any atom is -0.493 e. The van der Waals surface area contributed by atoms with Crippen molar-refractivity contribution in [2.24, 2.45) is 11.7 Å². The van der Waals surface area contributed by atoms with Crippen molar-refractivity contribution in [3.63, 3.8) is 0 Å². The molecule has 0 aliphatic carbocycles.